The summed E-state index contributed by atoms with van der Waals surface area (Å²) in [4.78, 5) is 55.5. The first-order chi connectivity index (χ1) is 24.9. The zero-order chi connectivity index (χ0) is 37.4. The number of fused-ring (bicyclic) bond motifs is 1. The third-order valence-corrected chi connectivity index (χ3v) is 11.7. The molecule has 272 valence electrons. The Balaban J connectivity index is 1.32. The molecule has 3 N–H and O–H groups in total. The Morgan fingerprint density at radius 2 is 1.71 bits per heavy atom. The number of anilines is 2. The molecule has 11 heteroatoms. The van der Waals surface area contributed by atoms with Gasteiger partial charge in [0.05, 0.1) is 17.4 Å². The van der Waals surface area contributed by atoms with Crippen molar-refractivity contribution in [2.75, 3.05) is 17.2 Å². The number of nitrogens with one attached hydrogen (secondary N) is 3. The molecular formula is C41H44ClN3O5S2. The van der Waals surface area contributed by atoms with Gasteiger partial charge in [0, 0.05) is 26.0 Å². The summed E-state index contributed by atoms with van der Waals surface area (Å²) in [6, 6.07) is 22.8. The number of thiophene rings is 1. The van der Waals surface area contributed by atoms with Gasteiger partial charge < -0.3 is 20.7 Å². The molecule has 8 nitrogen and oxygen atoms in total. The molecule has 0 bridgehead atoms. The lowest BCUT2D eigenvalue weighted by Crippen LogP contribution is -2.30. The molecule has 0 fully saturated rings. The highest BCUT2D eigenvalue weighted by atomic mass is 35.5. The topological polar surface area (TPSA) is 114 Å². The van der Waals surface area contributed by atoms with E-state index in [0.29, 0.717) is 44.7 Å². The Labute approximate surface area is 318 Å². The van der Waals surface area contributed by atoms with Crippen molar-refractivity contribution in [1.29, 1.82) is 0 Å². The van der Waals surface area contributed by atoms with Crippen LogP contribution in [0.3, 0.4) is 0 Å². The molecule has 3 aromatic carbocycles. The van der Waals surface area contributed by atoms with Gasteiger partial charge in [0.1, 0.15) is 10.7 Å². The van der Waals surface area contributed by atoms with Gasteiger partial charge in [0.15, 0.2) is 0 Å². The second-order valence-electron chi connectivity index (χ2n) is 13.6. The van der Waals surface area contributed by atoms with Crippen molar-refractivity contribution in [3.05, 3.63) is 117 Å². The summed E-state index contributed by atoms with van der Waals surface area (Å²) >= 11 is 8.91. The number of thioether (sulfide) groups is 1. The maximum absolute atomic E-state index is 13.8. The van der Waals surface area contributed by atoms with E-state index in [0.717, 1.165) is 34.6 Å². The van der Waals surface area contributed by atoms with Crippen molar-refractivity contribution in [2.24, 2.45) is 11.3 Å². The van der Waals surface area contributed by atoms with Crippen LogP contribution in [0.15, 0.2) is 89.5 Å². The predicted octanol–water partition coefficient (Wildman–Crippen LogP) is 9.65. The van der Waals surface area contributed by atoms with Gasteiger partial charge in [-0.05, 0) is 104 Å². The van der Waals surface area contributed by atoms with E-state index in [4.69, 9.17) is 16.3 Å². The van der Waals surface area contributed by atoms with E-state index in [1.54, 1.807) is 79.7 Å². The summed E-state index contributed by atoms with van der Waals surface area (Å²) in [6.45, 7) is 10.7. The highest BCUT2D eigenvalue weighted by molar-refractivity contribution is 8.00. The molecule has 3 amide bonds. The maximum Gasteiger partial charge on any atom is 0.341 e. The molecule has 0 saturated heterocycles. The molecule has 1 heterocycles. The second-order valence-corrected chi connectivity index (χ2v) is 16.5. The van der Waals surface area contributed by atoms with E-state index in [1.165, 1.54) is 23.1 Å². The summed E-state index contributed by atoms with van der Waals surface area (Å²) in [5, 5.41) is 9.34. The molecule has 0 spiro atoms. The van der Waals surface area contributed by atoms with Gasteiger partial charge in [0.2, 0.25) is 5.91 Å². The number of halogens is 1. The largest absolute Gasteiger partial charge is 0.462 e. The second kappa shape index (κ2) is 17.4. The fourth-order valence-electron chi connectivity index (χ4n) is 6.02. The van der Waals surface area contributed by atoms with E-state index in [2.05, 4.69) is 36.7 Å². The van der Waals surface area contributed by atoms with Crippen molar-refractivity contribution >= 4 is 75.2 Å². The van der Waals surface area contributed by atoms with Crippen molar-refractivity contribution in [3.63, 3.8) is 0 Å². The molecule has 1 aliphatic carbocycles. The zero-order valence-electron chi connectivity index (χ0n) is 30.0. The van der Waals surface area contributed by atoms with Gasteiger partial charge in [-0.15, -0.1) is 23.1 Å². The summed E-state index contributed by atoms with van der Waals surface area (Å²) in [7, 11) is 0. The number of hydrogen-bond acceptors (Lipinski definition) is 7. The van der Waals surface area contributed by atoms with Gasteiger partial charge in [-0.1, -0.05) is 75.7 Å². The number of amides is 3. The highest BCUT2D eigenvalue weighted by Gasteiger charge is 2.35. The summed E-state index contributed by atoms with van der Waals surface area (Å²) in [6.07, 6.45) is 4.72. The van der Waals surface area contributed by atoms with Crippen LogP contribution in [0.1, 0.15) is 84.2 Å². The zero-order valence-corrected chi connectivity index (χ0v) is 32.4. The predicted molar refractivity (Wildman–Crippen MR) is 212 cm³/mol. The highest BCUT2D eigenvalue weighted by Crippen LogP contribution is 2.45. The first-order valence-corrected chi connectivity index (χ1v) is 19.5. The molecule has 0 radical (unpaired) electrons. The fraction of sp³-hybridized carbons (Fsp3) is 0.317. The van der Waals surface area contributed by atoms with E-state index in [-0.39, 0.29) is 23.6 Å². The van der Waals surface area contributed by atoms with Crippen LogP contribution in [-0.2, 0) is 27.2 Å². The molecule has 0 aliphatic heterocycles. The van der Waals surface area contributed by atoms with E-state index in [9.17, 15) is 19.2 Å². The van der Waals surface area contributed by atoms with Crippen LogP contribution in [0.25, 0.3) is 6.08 Å². The standard InChI is InChI=1S/C41H44ClN3O5S2/c1-6-33(38(48)45-39-35(40(49)50-7-2)31-21-18-27(41(3,4)5)23-34(31)52-39)51-30-15-11-14-29(24-30)43-37(47)32(22-25-16-19-28(42)20-17-25)44-36(46)26-12-9-8-10-13-26/h8-17,19-20,22,24,27,33H,6-7,18,21,23H2,1-5H3,(H,43,47)(H,44,46)(H,45,48)/b32-22+. The minimum absolute atomic E-state index is 0.0462. The first-order valence-electron chi connectivity index (χ1n) is 17.4. The minimum atomic E-state index is -0.520. The molecular weight excluding hydrogens is 714 g/mol. The SMILES string of the molecule is CCOC(=O)c1c(NC(=O)C(CC)Sc2cccc(NC(=O)/C(=C\c3ccc(Cl)cc3)NC(=O)c3ccccc3)c2)sc2c1CCC(C(C)(C)C)C2. The Bertz CT molecular complexity index is 1950. The van der Waals surface area contributed by atoms with Crippen LogP contribution in [-0.4, -0.2) is 35.5 Å². The Hall–Kier alpha value is -4.38. The molecule has 1 aromatic heterocycles. The molecule has 5 rings (SSSR count). The monoisotopic (exact) mass is 757 g/mol. The smallest absolute Gasteiger partial charge is 0.341 e. The lowest BCUT2D eigenvalue weighted by Gasteiger charge is -2.33. The minimum Gasteiger partial charge on any atom is -0.462 e. The first kappa shape index (κ1) is 38.8. The number of ether oxygens (including phenoxy) is 1. The van der Waals surface area contributed by atoms with Crippen molar-refractivity contribution in [2.45, 2.75) is 70.4 Å². The fourth-order valence-corrected chi connectivity index (χ4v) is 8.48. The van der Waals surface area contributed by atoms with Gasteiger partial charge >= 0.3 is 5.97 Å². The van der Waals surface area contributed by atoms with Crippen molar-refractivity contribution in [1.82, 2.24) is 5.32 Å². The lowest BCUT2D eigenvalue weighted by molar-refractivity contribution is -0.116. The quantitative estimate of drug-likeness (QED) is 0.0754. The van der Waals surface area contributed by atoms with Crippen molar-refractivity contribution < 1.29 is 23.9 Å². The van der Waals surface area contributed by atoms with Crippen LogP contribution < -0.4 is 16.0 Å². The van der Waals surface area contributed by atoms with Gasteiger partial charge in [-0.2, -0.15) is 0 Å². The summed E-state index contributed by atoms with van der Waals surface area (Å²) < 4.78 is 5.44. The maximum atomic E-state index is 13.8. The third kappa shape index (κ3) is 9.93. The number of hydrogen-bond donors (Lipinski definition) is 3. The molecule has 4 aromatic rings. The van der Waals surface area contributed by atoms with E-state index >= 15 is 0 Å². The number of esters is 1. The molecule has 52 heavy (non-hydrogen) atoms. The summed E-state index contributed by atoms with van der Waals surface area (Å²) in [5.41, 5.74) is 3.23. The van der Waals surface area contributed by atoms with Gasteiger partial charge in [0.25, 0.3) is 11.8 Å². The summed E-state index contributed by atoms with van der Waals surface area (Å²) in [5.74, 6) is -1.08. The molecule has 0 saturated carbocycles. The van der Waals surface area contributed by atoms with E-state index in [1.807, 2.05) is 19.1 Å². The van der Waals surface area contributed by atoms with Crippen LogP contribution in [0, 0.1) is 11.3 Å². The Morgan fingerprint density at radius 1 is 0.981 bits per heavy atom. The average Bonchev–Trinajstić information content (AvgIpc) is 3.48. The van der Waals surface area contributed by atoms with Gasteiger partial charge in [-0.25, -0.2) is 4.79 Å². The molecule has 2 unspecified atom stereocenters. The number of carbonyl (C=O) groups is 4. The van der Waals surface area contributed by atoms with Crippen LogP contribution in [0.5, 0.6) is 0 Å². The van der Waals surface area contributed by atoms with Gasteiger partial charge in [-0.3, -0.25) is 14.4 Å². The Kier molecular flexibility index (Phi) is 13.0. The van der Waals surface area contributed by atoms with E-state index < -0.39 is 23.0 Å². The van der Waals surface area contributed by atoms with Crippen LogP contribution in [0.2, 0.25) is 5.02 Å². The molecule has 1 aliphatic rings. The van der Waals surface area contributed by atoms with Crippen molar-refractivity contribution in [3.8, 4) is 0 Å². The Morgan fingerprint density at radius 3 is 2.38 bits per heavy atom. The normalized spacial score (nSPS) is 14.9. The molecule has 2 atom stereocenters. The lowest BCUT2D eigenvalue weighted by atomic mass is 9.72. The van der Waals surface area contributed by atoms with Crippen LogP contribution >= 0.6 is 34.7 Å². The third-order valence-electron chi connectivity index (χ3n) is 8.95. The number of rotatable bonds is 12. The average molecular weight is 758 g/mol. The van der Waals surface area contributed by atoms with Crippen LogP contribution in [0.4, 0.5) is 10.7 Å². The number of carbonyl (C=O) groups excluding carboxylic acids is 4. The number of benzene rings is 3.